The monoisotopic (exact) mass is 189 g/mol. The third-order valence-corrected chi connectivity index (χ3v) is 2.76. The average molecular weight is 189 g/mol. The van der Waals surface area contributed by atoms with Crippen molar-refractivity contribution in [3.05, 3.63) is 0 Å². The molecule has 0 radical (unpaired) electrons. The van der Waals surface area contributed by atoms with E-state index in [0.717, 1.165) is 25.8 Å². The Hall–Kier alpha value is -0.120. The van der Waals surface area contributed by atoms with Crippen LogP contribution in [0.2, 0.25) is 0 Å². The predicted molar refractivity (Wildman–Crippen MR) is 54.7 cm³/mol. The largest absolute Gasteiger partial charge is 0.395 e. The van der Waals surface area contributed by atoms with Gasteiger partial charge in [0, 0.05) is 13.1 Å². The van der Waals surface area contributed by atoms with Gasteiger partial charge in [0.05, 0.1) is 12.2 Å². The van der Waals surface area contributed by atoms with Crippen LogP contribution in [0.3, 0.4) is 0 Å². The van der Waals surface area contributed by atoms with Gasteiger partial charge < -0.3 is 15.1 Å². The van der Waals surface area contributed by atoms with Crippen molar-refractivity contribution in [2.75, 3.05) is 26.7 Å². The van der Waals surface area contributed by atoms with Crippen LogP contribution in [0.1, 0.15) is 33.1 Å². The number of aliphatic hydroxyl groups is 2. The maximum Gasteiger partial charge on any atom is 0.0654 e. The van der Waals surface area contributed by atoms with Gasteiger partial charge in [0.2, 0.25) is 0 Å². The Morgan fingerprint density at radius 3 is 2.08 bits per heavy atom. The summed E-state index contributed by atoms with van der Waals surface area (Å²) in [6, 6.07) is 0. The van der Waals surface area contributed by atoms with Crippen LogP contribution in [-0.2, 0) is 0 Å². The zero-order valence-electron chi connectivity index (χ0n) is 9.08. The van der Waals surface area contributed by atoms with Gasteiger partial charge in [-0.05, 0) is 26.3 Å². The predicted octanol–water partition coefficient (Wildman–Crippen LogP) is 0.852. The van der Waals surface area contributed by atoms with Gasteiger partial charge in [-0.25, -0.2) is 0 Å². The molecule has 0 aliphatic heterocycles. The van der Waals surface area contributed by atoms with Crippen molar-refractivity contribution in [3.63, 3.8) is 0 Å². The van der Waals surface area contributed by atoms with E-state index in [9.17, 15) is 5.11 Å². The van der Waals surface area contributed by atoms with Crippen molar-refractivity contribution in [2.45, 2.75) is 38.7 Å². The minimum absolute atomic E-state index is 0.188. The lowest BCUT2D eigenvalue weighted by Gasteiger charge is -2.27. The molecule has 0 saturated heterocycles. The van der Waals surface area contributed by atoms with Crippen LogP contribution in [0.25, 0.3) is 0 Å². The Bertz CT molecular complexity index is 124. The molecule has 2 N–H and O–H groups in total. The second-order valence-electron chi connectivity index (χ2n) is 3.71. The fourth-order valence-corrected chi connectivity index (χ4v) is 1.29. The number of likely N-dealkylation sites (N-methyl/N-ethyl adjacent to an activating group) is 1. The Morgan fingerprint density at radius 1 is 1.15 bits per heavy atom. The zero-order valence-corrected chi connectivity index (χ0v) is 9.08. The lowest BCUT2D eigenvalue weighted by Crippen LogP contribution is -2.33. The van der Waals surface area contributed by atoms with Crippen molar-refractivity contribution in [1.82, 2.24) is 4.90 Å². The first-order valence-corrected chi connectivity index (χ1v) is 5.09. The van der Waals surface area contributed by atoms with Gasteiger partial charge in [-0.1, -0.05) is 13.8 Å². The van der Waals surface area contributed by atoms with Crippen molar-refractivity contribution in [1.29, 1.82) is 0 Å². The van der Waals surface area contributed by atoms with Crippen LogP contribution < -0.4 is 0 Å². The molecule has 0 aromatic carbocycles. The molecule has 0 saturated carbocycles. The smallest absolute Gasteiger partial charge is 0.0654 e. The average Bonchev–Trinajstić information content (AvgIpc) is 2.15. The van der Waals surface area contributed by atoms with E-state index in [0.29, 0.717) is 6.54 Å². The summed E-state index contributed by atoms with van der Waals surface area (Å²) in [7, 11) is 1.96. The lowest BCUT2D eigenvalue weighted by molar-refractivity contribution is 0.0150. The van der Waals surface area contributed by atoms with E-state index in [2.05, 4.69) is 0 Å². The highest BCUT2D eigenvalue weighted by Crippen LogP contribution is 2.19. The summed E-state index contributed by atoms with van der Waals surface area (Å²) in [6.07, 6.45) is 2.39. The first kappa shape index (κ1) is 12.9. The summed E-state index contributed by atoms with van der Waals surface area (Å²) in [5, 5.41) is 18.6. The van der Waals surface area contributed by atoms with E-state index >= 15 is 0 Å². The SMILES string of the molecule is CCC(O)(CC)CCN(C)CCO. The quantitative estimate of drug-likeness (QED) is 0.624. The summed E-state index contributed by atoms with van der Waals surface area (Å²) in [5.74, 6) is 0. The highest BCUT2D eigenvalue weighted by molar-refractivity contribution is 4.75. The van der Waals surface area contributed by atoms with Gasteiger partial charge in [0.25, 0.3) is 0 Å². The molecule has 0 spiro atoms. The summed E-state index contributed by atoms with van der Waals surface area (Å²) in [6.45, 7) is 5.74. The molecule has 0 aromatic heterocycles. The summed E-state index contributed by atoms with van der Waals surface area (Å²) in [4.78, 5) is 2.04. The number of hydrogen-bond acceptors (Lipinski definition) is 3. The van der Waals surface area contributed by atoms with Gasteiger partial charge in [0.1, 0.15) is 0 Å². The zero-order chi connectivity index (χ0) is 10.3. The van der Waals surface area contributed by atoms with Crippen molar-refractivity contribution in [3.8, 4) is 0 Å². The van der Waals surface area contributed by atoms with Gasteiger partial charge in [0.15, 0.2) is 0 Å². The molecule has 80 valence electrons. The van der Waals surface area contributed by atoms with Crippen LogP contribution >= 0.6 is 0 Å². The normalized spacial score (nSPS) is 12.5. The Labute approximate surface area is 81.4 Å². The fourth-order valence-electron chi connectivity index (χ4n) is 1.29. The molecule has 0 fully saturated rings. The molecule has 0 unspecified atom stereocenters. The third-order valence-electron chi connectivity index (χ3n) is 2.76. The molecule has 13 heavy (non-hydrogen) atoms. The van der Waals surface area contributed by atoms with Crippen LogP contribution in [0, 0.1) is 0 Å². The van der Waals surface area contributed by atoms with Gasteiger partial charge in [-0.2, -0.15) is 0 Å². The van der Waals surface area contributed by atoms with E-state index < -0.39 is 5.60 Å². The summed E-state index contributed by atoms with van der Waals surface area (Å²) < 4.78 is 0. The molecule has 0 amide bonds. The van der Waals surface area contributed by atoms with Crippen molar-refractivity contribution in [2.24, 2.45) is 0 Å². The molecule has 0 aromatic rings. The van der Waals surface area contributed by atoms with E-state index in [1.165, 1.54) is 0 Å². The Kier molecular flexibility index (Phi) is 6.29. The highest BCUT2D eigenvalue weighted by Gasteiger charge is 2.21. The maximum atomic E-state index is 9.96. The van der Waals surface area contributed by atoms with E-state index in [1.54, 1.807) is 0 Å². The summed E-state index contributed by atoms with van der Waals surface area (Å²) in [5.41, 5.74) is -0.510. The molecular formula is C10H23NO2. The fraction of sp³-hybridized carbons (Fsp3) is 1.00. The topological polar surface area (TPSA) is 43.7 Å². The van der Waals surface area contributed by atoms with Crippen LogP contribution in [0.5, 0.6) is 0 Å². The second-order valence-corrected chi connectivity index (χ2v) is 3.71. The maximum absolute atomic E-state index is 9.96. The molecule has 0 aliphatic rings. The van der Waals surface area contributed by atoms with Gasteiger partial charge in [-0.3, -0.25) is 0 Å². The van der Waals surface area contributed by atoms with Crippen LogP contribution in [0.4, 0.5) is 0 Å². The lowest BCUT2D eigenvalue weighted by atomic mass is 9.93. The first-order chi connectivity index (χ1) is 6.08. The van der Waals surface area contributed by atoms with E-state index in [4.69, 9.17) is 5.11 Å². The van der Waals surface area contributed by atoms with Crippen LogP contribution in [0.15, 0.2) is 0 Å². The highest BCUT2D eigenvalue weighted by atomic mass is 16.3. The van der Waals surface area contributed by atoms with Gasteiger partial charge in [-0.15, -0.1) is 0 Å². The molecule has 0 aliphatic carbocycles. The van der Waals surface area contributed by atoms with E-state index in [1.807, 2.05) is 25.8 Å². The standard InChI is InChI=1S/C10H23NO2/c1-4-10(13,5-2)6-7-11(3)8-9-12/h12-13H,4-9H2,1-3H3. The van der Waals surface area contributed by atoms with Crippen molar-refractivity contribution >= 4 is 0 Å². The molecule has 0 atom stereocenters. The van der Waals surface area contributed by atoms with Crippen LogP contribution in [-0.4, -0.2) is 47.5 Å². The minimum atomic E-state index is -0.510. The molecule has 3 nitrogen and oxygen atoms in total. The molecule has 0 rings (SSSR count). The molecule has 0 heterocycles. The summed E-state index contributed by atoms with van der Waals surface area (Å²) >= 11 is 0. The first-order valence-electron chi connectivity index (χ1n) is 5.09. The Balaban J connectivity index is 3.71. The van der Waals surface area contributed by atoms with Crippen molar-refractivity contribution < 1.29 is 10.2 Å². The number of hydrogen-bond donors (Lipinski definition) is 2. The Morgan fingerprint density at radius 2 is 1.69 bits per heavy atom. The number of aliphatic hydroxyl groups excluding tert-OH is 1. The van der Waals surface area contributed by atoms with E-state index in [-0.39, 0.29) is 6.61 Å². The number of nitrogens with zero attached hydrogens (tertiary/aromatic N) is 1. The number of rotatable bonds is 7. The minimum Gasteiger partial charge on any atom is -0.395 e. The van der Waals surface area contributed by atoms with Gasteiger partial charge >= 0.3 is 0 Å². The third kappa shape index (κ3) is 5.24. The molecular weight excluding hydrogens is 166 g/mol. The molecule has 0 bridgehead atoms. The second kappa shape index (κ2) is 6.35. The molecule has 3 heteroatoms.